The van der Waals surface area contributed by atoms with Crippen LogP contribution in [0.15, 0.2) is 30.6 Å². The number of benzene rings is 1. The zero-order valence-corrected chi connectivity index (χ0v) is 17.5. The summed E-state index contributed by atoms with van der Waals surface area (Å²) >= 11 is 0. The standard InChI is InChI=1S/C22H21F2N5O4/c23-22(24)11-29(20(31)10-30)6-5-18(22)33-17-4-3-14(7-15(17)9-25)16-8-19(27-12-26-16)28-21(32)13-1-2-13/h3-4,7-8,12-13,18,30H,1-2,5-6,10-11H2,(H,26,27,28,32)/t18-/m0/s1. The first-order valence-corrected chi connectivity index (χ1v) is 10.4. The van der Waals surface area contributed by atoms with E-state index in [0.29, 0.717) is 17.1 Å². The van der Waals surface area contributed by atoms with Gasteiger partial charge in [0.1, 0.15) is 30.6 Å². The number of anilines is 1. The lowest BCUT2D eigenvalue weighted by atomic mass is 10.0. The van der Waals surface area contributed by atoms with E-state index in [1.165, 1.54) is 18.5 Å². The third-order valence-corrected chi connectivity index (χ3v) is 5.55. The van der Waals surface area contributed by atoms with Crippen LogP contribution in [0.5, 0.6) is 5.75 Å². The fourth-order valence-corrected chi connectivity index (χ4v) is 3.57. The molecule has 11 heteroatoms. The molecule has 1 saturated carbocycles. The topological polar surface area (TPSA) is 128 Å². The van der Waals surface area contributed by atoms with Crippen molar-refractivity contribution >= 4 is 17.6 Å². The van der Waals surface area contributed by atoms with Gasteiger partial charge >= 0.3 is 5.92 Å². The number of hydrogen-bond acceptors (Lipinski definition) is 7. The van der Waals surface area contributed by atoms with E-state index in [4.69, 9.17) is 9.84 Å². The van der Waals surface area contributed by atoms with Crippen LogP contribution in [-0.4, -0.2) is 63.5 Å². The highest BCUT2D eigenvalue weighted by Crippen LogP contribution is 2.34. The highest BCUT2D eigenvalue weighted by molar-refractivity contribution is 5.93. The van der Waals surface area contributed by atoms with Crippen molar-refractivity contribution in [3.63, 3.8) is 0 Å². The lowest BCUT2D eigenvalue weighted by Crippen LogP contribution is -2.55. The number of carbonyl (C=O) groups excluding carboxylic acids is 2. The van der Waals surface area contributed by atoms with Crippen molar-refractivity contribution in [1.82, 2.24) is 14.9 Å². The maximum atomic E-state index is 14.6. The Labute approximate surface area is 188 Å². The summed E-state index contributed by atoms with van der Waals surface area (Å²) in [7, 11) is 0. The number of halogens is 2. The summed E-state index contributed by atoms with van der Waals surface area (Å²) in [6.07, 6.45) is 1.32. The first-order chi connectivity index (χ1) is 15.8. The number of ether oxygens (including phenoxy) is 1. The third kappa shape index (κ3) is 5.06. The summed E-state index contributed by atoms with van der Waals surface area (Å²) < 4.78 is 34.6. The second-order valence-corrected chi connectivity index (χ2v) is 8.00. The van der Waals surface area contributed by atoms with Crippen LogP contribution in [0.3, 0.4) is 0 Å². The predicted molar refractivity (Wildman–Crippen MR) is 111 cm³/mol. The Balaban J connectivity index is 1.50. The molecule has 33 heavy (non-hydrogen) atoms. The fourth-order valence-electron chi connectivity index (χ4n) is 3.57. The van der Waals surface area contributed by atoms with Gasteiger partial charge in [-0.05, 0) is 31.0 Å². The molecule has 2 aromatic rings. The van der Waals surface area contributed by atoms with Gasteiger partial charge in [-0.3, -0.25) is 9.59 Å². The number of hydrogen-bond donors (Lipinski definition) is 2. The molecule has 9 nitrogen and oxygen atoms in total. The Morgan fingerprint density at radius 1 is 1.27 bits per heavy atom. The average molecular weight is 457 g/mol. The molecule has 0 unspecified atom stereocenters. The molecular weight excluding hydrogens is 436 g/mol. The largest absolute Gasteiger partial charge is 0.483 e. The van der Waals surface area contributed by atoms with E-state index in [1.54, 1.807) is 12.1 Å². The molecule has 2 N–H and O–H groups in total. The lowest BCUT2D eigenvalue weighted by molar-refractivity contribution is -0.161. The summed E-state index contributed by atoms with van der Waals surface area (Å²) in [4.78, 5) is 32.6. The van der Waals surface area contributed by atoms with E-state index in [-0.39, 0.29) is 36.1 Å². The summed E-state index contributed by atoms with van der Waals surface area (Å²) in [5.74, 6) is -3.89. The zero-order chi connectivity index (χ0) is 23.6. The van der Waals surface area contributed by atoms with Gasteiger partial charge in [0.2, 0.25) is 11.8 Å². The minimum absolute atomic E-state index is 0.00983. The maximum absolute atomic E-state index is 14.6. The number of nitriles is 1. The van der Waals surface area contributed by atoms with Gasteiger partial charge in [-0.2, -0.15) is 5.26 Å². The Morgan fingerprint density at radius 2 is 2.06 bits per heavy atom. The van der Waals surface area contributed by atoms with Gasteiger partial charge in [0.05, 0.1) is 17.8 Å². The SMILES string of the molecule is N#Cc1cc(-c2cc(NC(=O)C3CC3)ncn2)ccc1O[C@H]1CCN(C(=O)CO)CC1(F)F. The first kappa shape index (κ1) is 22.5. The Hall–Kier alpha value is -3.65. The molecule has 4 rings (SSSR count). The van der Waals surface area contributed by atoms with Crippen molar-refractivity contribution < 1.29 is 28.2 Å². The third-order valence-electron chi connectivity index (χ3n) is 5.55. The van der Waals surface area contributed by atoms with Crippen LogP contribution >= 0.6 is 0 Å². The lowest BCUT2D eigenvalue weighted by Gasteiger charge is -2.38. The van der Waals surface area contributed by atoms with Crippen molar-refractivity contribution in [3.8, 4) is 23.1 Å². The predicted octanol–water partition coefficient (Wildman–Crippen LogP) is 1.97. The van der Waals surface area contributed by atoms with Gasteiger partial charge in [0.25, 0.3) is 0 Å². The number of amides is 2. The molecule has 2 heterocycles. The number of alkyl halides is 2. The molecule has 1 atom stereocenters. The molecule has 0 spiro atoms. The van der Waals surface area contributed by atoms with Crippen LogP contribution in [0.1, 0.15) is 24.8 Å². The first-order valence-electron chi connectivity index (χ1n) is 10.4. The molecule has 0 bridgehead atoms. The van der Waals surface area contributed by atoms with Gasteiger partial charge in [-0.25, -0.2) is 18.7 Å². The molecule has 1 saturated heterocycles. The minimum Gasteiger partial charge on any atom is -0.483 e. The van der Waals surface area contributed by atoms with Crippen LogP contribution < -0.4 is 10.1 Å². The summed E-state index contributed by atoms with van der Waals surface area (Å²) in [6, 6.07) is 7.98. The van der Waals surface area contributed by atoms with Crippen molar-refractivity contribution in [2.24, 2.45) is 5.92 Å². The summed E-state index contributed by atoms with van der Waals surface area (Å²) in [6.45, 7) is -1.69. The van der Waals surface area contributed by atoms with Gasteiger partial charge < -0.3 is 20.1 Å². The second kappa shape index (κ2) is 9.07. The van der Waals surface area contributed by atoms with E-state index in [9.17, 15) is 23.6 Å². The minimum atomic E-state index is -3.35. The van der Waals surface area contributed by atoms with E-state index in [0.717, 1.165) is 17.7 Å². The normalized spacial score (nSPS) is 19.5. The van der Waals surface area contributed by atoms with Crippen LogP contribution in [0.25, 0.3) is 11.3 Å². The molecule has 2 fully saturated rings. The van der Waals surface area contributed by atoms with Gasteiger partial charge in [-0.15, -0.1) is 0 Å². The number of likely N-dealkylation sites (tertiary alicyclic amines) is 1. The van der Waals surface area contributed by atoms with Crippen molar-refractivity contribution in [3.05, 3.63) is 36.2 Å². The number of piperidine rings is 1. The number of nitrogens with zero attached hydrogens (tertiary/aromatic N) is 4. The Bertz CT molecular complexity index is 1120. The molecule has 1 aliphatic heterocycles. The molecule has 1 aromatic carbocycles. The van der Waals surface area contributed by atoms with Crippen molar-refractivity contribution in [2.45, 2.75) is 31.3 Å². The number of nitrogens with one attached hydrogen (secondary N) is 1. The van der Waals surface area contributed by atoms with Crippen molar-refractivity contribution in [1.29, 1.82) is 5.26 Å². The number of aliphatic hydroxyl groups is 1. The monoisotopic (exact) mass is 457 g/mol. The van der Waals surface area contributed by atoms with E-state index < -0.39 is 31.1 Å². The van der Waals surface area contributed by atoms with E-state index in [1.807, 2.05) is 6.07 Å². The molecular formula is C22H21F2N5O4. The highest BCUT2D eigenvalue weighted by atomic mass is 19.3. The quantitative estimate of drug-likeness (QED) is 0.679. The molecule has 1 aliphatic carbocycles. The molecule has 2 amide bonds. The molecule has 1 aromatic heterocycles. The van der Waals surface area contributed by atoms with Crippen LogP contribution in [0, 0.1) is 17.2 Å². The van der Waals surface area contributed by atoms with E-state index >= 15 is 0 Å². The maximum Gasteiger partial charge on any atom is 0.301 e. The van der Waals surface area contributed by atoms with Crippen LogP contribution in [-0.2, 0) is 9.59 Å². The zero-order valence-electron chi connectivity index (χ0n) is 17.5. The number of aromatic nitrogens is 2. The smallest absolute Gasteiger partial charge is 0.301 e. The van der Waals surface area contributed by atoms with E-state index in [2.05, 4.69) is 15.3 Å². The second-order valence-electron chi connectivity index (χ2n) is 8.00. The highest BCUT2D eigenvalue weighted by Gasteiger charge is 2.47. The molecule has 0 radical (unpaired) electrons. The summed E-state index contributed by atoms with van der Waals surface area (Å²) in [5, 5.41) is 21.2. The Kier molecular flexibility index (Phi) is 6.20. The van der Waals surface area contributed by atoms with Crippen LogP contribution in [0.4, 0.5) is 14.6 Å². The number of rotatable bonds is 6. The molecule has 2 aliphatic rings. The molecule has 172 valence electrons. The fraction of sp³-hybridized carbons (Fsp3) is 0.409. The van der Waals surface area contributed by atoms with Gasteiger partial charge in [0, 0.05) is 30.5 Å². The number of aliphatic hydroxyl groups excluding tert-OH is 1. The van der Waals surface area contributed by atoms with Crippen LogP contribution in [0.2, 0.25) is 0 Å². The van der Waals surface area contributed by atoms with Crippen molar-refractivity contribution in [2.75, 3.05) is 25.0 Å². The average Bonchev–Trinajstić information content (AvgIpc) is 3.65. The Morgan fingerprint density at radius 3 is 2.73 bits per heavy atom. The summed E-state index contributed by atoms with van der Waals surface area (Å²) in [5.41, 5.74) is 1.01. The van der Waals surface area contributed by atoms with Gasteiger partial charge in [-0.1, -0.05) is 0 Å². The van der Waals surface area contributed by atoms with Gasteiger partial charge in [0.15, 0.2) is 6.10 Å². The number of carbonyl (C=O) groups is 2.